The van der Waals surface area contributed by atoms with Crippen LogP contribution in [0.2, 0.25) is 0 Å². The van der Waals surface area contributed by atoms with Gasteiger partial charge in [0.1, 0.15) is 0 Å². The Bertz CT molecular complexity index is 88.2. The molecule has 0 saturated carbocycles. The monoisotopic (exact) mass is 160 g/mol. The van der Waals surface area contributed by atoms with Crippen molar-refractivity contribution in [3.8, 4) is 0 Å². The van der Waals surface area contributed by atoms with Crippen LogP contribution < -0.4 is 0 Å². The van der Waals surface area contributed by atoms with E-state index < -0.39 is 12.8 Å². The van der Waals surface area contributed by atoms with Gasteiger partial charge < -0.3 is 9.47 Å². The van der Waals surface area contributed by atoms with E-state index in [-0.39, 0.29) is 0 Å². The molecule has 6 heteroatoms. The average Bonchev–Trinajstić information content (AvgIpc) is 1.81. The predicted molar refractivity (Wildman–Crippen MR) is 24.9 cm³/mol. The van der Waals surface area contributed by atoms with E-state index in [0.29, 0.717) is 0 Å². The molecule has 0 atom stereocenters. The zero-order valence-electron chi connectivity index (χ0n) is 5.44. The van der Waals surface area contributed by atoms with Gasteiger partial charge in [0.2, 0.25) is 0 Å². The maximum atomic E-state index is 11.3. The summed E-state index contributed by atoms with van der Waals surface area (Å²) in [6.07, 6.45) is -4.73. The highest BCUT2D eigenvalue weighted by molar-refractivity contribution is 4.25. The Morgan fingerprint density at radius 3 is 1.60 bits per heavy atom. The lowest BCUT2D eigenvalue weighted by Crippen LogP contribution is -2.26. The van der Waals surface area contributed by atoms with Gasteiger partial charge in [-0.3, -0.25) is 0 Å². The number of alkyl halides is 3. The van der Waals surface area contributed by atoms with Gasteiger partial charge in [-0.25, -0.2) is 4.74 Å². The van der Waals surface area contributed by atoms with Crippen LogP contribution in [0.25, 0.3) is 0 Å². The first-order valence-electron chi connectivity index (χ1n) is 2.29. The molecule has 0 radical (unpaired) electrons. The Labute approximate surface area is 55.7 Å². The van der Waals surface area contributed by atoms with Crippen LogP contribution in [-0.4, -0.2) is 27.1 Å². The molecule has 0 heterocycles. The van der Waals surface area contributed by atoms with Crippen molar-refractivity contribution >= 4 is 0 Å². The molecular formula is C4H7F3O3. The van der Waals surface area contributed by atoms with Crippen molar-refractivity contribution in [3.63, 3.8) is 0 Å². The van der Waals surface area contributed by atoms with Crippen LogP contribution in [0.1, 0.15) is 0 Å². The van der Waals surface area contributed by atoms with Crippen molar-refractivity contribution in [2.45, 2.75) is 12.8 Å². The molecule has 0 amide bonds. The van der Waals surface area contributed by atoms with Crippen LogP contribution in [0, 0.1) is 0 Å². The summed E-state index contributed by atoms with van der Waals surface area (Å²) in [6, 6.07) is 0. The molecule has 0 spiro atoms. The minimum Gasteiger partial charge on any atom is -0.333 e. The van der Waals surface area contributed by atoms with Crippen molar-refractivity contribution in [2.75, 3.05) is 14.2 Å². The molecule has 3 nitrogen and oxygen atoms in total. The smallest absolute Gasteiger partial charge is 0.333 e. The van der Waals surface area contributed by atoms with E-state index in [1.807, 2.05) is 0 Å². The fourth-order valence-electron chi connectivity index (χ4n) is 0.302. The third-order valence-corrected chi connectivity index (χ3v) is 0.615. The third-order valence-electron chi connectivity index (χ3n) is 0.615. The van der Waals surface area contributed by atoms with Crippen molar-refractivity contribution in [3.05, 3.63) is 0 Å². The van der Waals surface area contributed by atoms with E-state index in [2.05, 4.69) is 14.2 Å². The van der Waals surface area contributed by atoms with Gasteiger partial charge in [-0.15, -0.1) is 13.2 Å². The summed E-state index contributed by atoms with van der Waals surface area (Å²) in [7, 11) is 2.08. The fourth-order valence-corrected chi connectivity index (χ4v) is 0.302. The molecule has 0 bridgehead atoms. The quantitative estimate of drug-likeness (QED) is 0.578. The molecule has 0 aliphatic carbocycles. The Balaban J connectivity index is 3.63. The van der Waals surface area contributed by atoms with Crippen molar-refractivity contribution < 1.29 is 27.4 Å². The van der Waals surface area contributed by atoms with Crippen LogP contribution in [0.5, 0.6) is 0 Å². The number of methoxy groups -OCH3 is 2. The van der Waals surface area contributed by atoms with Crippen LogP contribution in [0.4, 0.5) is 13.2 Å². The number of rotatable bonds is 3. The standard InChI is InChI=1S/C4H7F3O3/c1-8-3(9-2)10-4(5,6)7/h3H,1-2H3. The van der Waals surface area contributed by atoms with E-state index in [4.69, 9.17) is 0 Å². The topological polar surface area (TPSA) is 27.7 Å². The second kappa shape index (κ2) is 3.75. The first-order valence-corrected chi connectivity index (χ1v) is 2.29. The van der Waals surface area contributed by atoms with Gasteiger partial charge in [0.25, 0.3) is 6.48 Å². The third kappa shape index (κ3) is 4.54. The van der Waals surface area contributed by atoms with E-state index in [1.54, 1.807) is 0 Å². The summed E-state index contributed by atoms with van der Waals surface area (Å²) in [4.78, 5) is 0. The molecule has 0 aliphatic heterocycles. The lowest BCUT2D eigenvalue weighted by atomic mass is 11.1. The van der Waals surface area contributed by atoms with Crippen molar-refractivity contribution in [1.29, 1.82) is 0 Å². The highest BCUT2D eigenvalue weighted by atomic mass is 19.4. The van der Waals surface area contributed by atoms with Gasteiger partial charge in [-0.05, 0) is 0 Å². The lowest BCUT2D eigenvalue weighted by Gasteiger charge is -2.14. The van der Waals surface area contributed by atoms with Gasteiger partial charge in [0, 0.05) is 14.2 Å². The highest BCUT2D eigenvalue weighted by Gasteiger charge is 2.33. The zero-order valence-corrected chi connectivity index (χ0v) is 5.44. The number of halogens is 3. The molecule has 0 aromatic heterocycles. The SMILES string of the molecule is COC(OC)OC(F)(F)F. The van der Waals surface area contributed by atoms with Crippen molar-refractivity contribution in [2.24, 2.45) is 0 Å². The van der Waals surface area contributed by atoms with Gasteiger partial charge >= 0.3 is 6.36 Å². The largest absolute Gasteiger partial charge is 0.526 e. The first-order chi connectivity index (χ1) is 4.49. The normalized spacial score (nSPS) is 12.6. The second-order valence-corrected chi connectivity index (χ2v) is 1.32. The number of ether oxygens (including phenoxy) is 3. The minimum atomic E-state index is -4.73. The summed E-state index contributed by atoms with van der Waals surface area (Å²) in [5.41, 5.74) is 0. The Morgan fingerprint density at radius 1 is 1.10 bits per heavy atom. The van der Waals surface area contributed by atoms with Crippen LogP contribution >= 0.6 is 0 Å². The summed E-state index contributed by atoms with van der Waals surface area (Å²) < 4.78 is 45.4. The average molecular weight is 160 g/mol. The Morgan fingerprint density at radius 2 is 1.50 bits per heavy atom. The molecule has 0 fully saturated rings. The molecule has 0 rings (SSSR count). The zero-order chi connectivity index (χ0) is 8.20. The fraction of sp³-hybridized carbons (Fsp3) is 1.00. The predicted octanol–water partition coefficient (Wildman–Crippen LogP) is 1.10. The van der Waals surface area contributed by atoms with Crippen LogP contribution in [0.15, 0.2) is 0 Å². The lowest BCUT2D eigenvalue weighted by molar-refractivity contribution is -0.423. The summed E-state index contributed by atoms with van der Waals surface area (Å²) in [5, 5.41) is 0. The molecule has 10 heavy (non-hydrogen) atoms. The molecule has 0 aromatic carbocycles. The number of hydrogen-bond donors (Lipinski definition) is 0. The molecule has 0 aromatic rings. The summed E-state index contributed by atoms with van der Waals surface area (Å²) in [6.45, 7) is -1.68. The molecule has 0 N–H and O–H groups in total. The maximum Gasteiger partial charge on any atom is 0.526 e. The van der Waals surface area contributed by atoms with Gasteiger partial charge in [-0.2, -0.15) is 0 Å². The van der Waals surface area contributed by atoms with E-state index in [9.17, 15) is 13.2 Å². The van der Waals surface area contributed by atoms with Gasteiger partial charge in [0.05, 0.1) is 0 Å². The van der Waals surface area contributed by atoms with Crippen LogP contribution in [-0.2, 0) is 14.2 Å². The van der Waals surface area contributed by atoms with Gasteiger partial charge in [0.15, 0.2) is 0 Å². The second-order valence-electron chi connectivity index (χ2n) is 1.32. The highest BCUT2D eigenvalue weighted by Crippen LogP contribution is 2.18. The maximum absolute atomic E-state index is 11.3. The van der Waals surface area contributed by atoms with Crippen molar-refractivity contribution in [1.82, 2.24) is 0 Å². The molecule has 62 valence electrons. The Hall–Kier alpha value is -0.330. The van der Waals surface area contributed by atoms with Gasteiger partial charge in [-0.1, -0.05) is 0 Å². The van der Waals surface area contributed by atoms with E-state index >= 15 is 0 Å². The summed E-state index contributed by atoms with van der Waals surface area (Å²) >= 11 is 0. The molecular weight excluding hydrogens is 153 g/mol. The molecule has 0 aliphatic rings. The number of hydrogen-bond acceptors (Lipinski definition) is 3. The molecule has 0 saturated heterocycles. The Kier molecular flexibility index (Phi) is 3.62. The minimum absolute atomic E-state index is 1.04. The summed E-state index contributed by atoms with van der Waals surface area (Å²) in [5.74, 6) is 0. The van der Waals surface area contributed by atoms with E-state index in [0.717, 1.165) is 14.2 Å². The molecule has 0 unspecified atom stereocenters. The van der Waals surface area contributed by atoms with E-state index in [1.165, 1.54) is 0 Å². The van der Waals surface area contributed by atoms with Crippen LogP contribution in [0.3, 0.4) is 0 Å². The first kappa shape index (κ1) is 9.67.